The van der Waals surface area contributed by atoms with E-state index in [4.69, 9.17) is 10.5 Å². The number of anilines is 2. The van der Waals surface area contributed by atoms with E-state index in [1.54, 1.807) is 24.4 Å². The van der Waals surface area contributed by atoms with Gasteiger partial charge in [-0.1, -0.05) is 0 Å². The summed E-state index contributed by atoms with van der Waals surface area (Å²) in [6.07, 6.45) is -0.146. The van der Waals surface area contributed by atoms with Crippen molar-refractivity contribution in [3.05, 3.63) is 42.1 Å². The van der Waals surface area contributed by atoms with E-state index < -0.39 is 6.11 Å². The zero-order chi connectivity index (χ0) is 19.4. The van der Waals surface area contributed by atoms with Gasteiger partial charge in [-0.25, -0.2) is 4.98 Å². The number of benzene rings is 1. The highest BCUT2D eigenvalue weighted by Gasteiger charge is 2.30. The number of alkyl halides is 2. The highest BCUT2D eigenvalue weighted by molar-refractivity contribution is 5.63. The summed E-state index contributed by atoms with van der Waals surface area (Å²) in [7, 11) is 0. The van der Waals surface area contributed by atoms with Crippen molar-refractivity contribution in [2.24, 2.45) is 5.73 Å². The van der Waals surface area contributed by atoms with E-state index in [0.717, 1.165) is 5.56 Å². The van der Waals surface area contributed by atoms with Crippen molar-refractivity contribution in [2.45, 2.75) is 44.5 Å². The first-order valence-electron chi connectivity index (χ1n) is 8.80. The van der Waals surface area contributed by atoms with Crippen molar-refractivity contribution < 1.29 is 23.4 Å². The lowest BCUT2D eigenvalue weighted by Gasteiger charge is -2.32. The van der Waals surface area contributed by atoms with Crippen molar-refractivity contribution in [1.29, 1.82) is 0 Å². The minimum Gasteiger partial charge on any atom is -0.490 e. The molecule has 0 amide bonds. The number of hydrogen-bond acceptors (Lipinski definition) is 6. The number of aliphatic hydroxyl groups is 1. The van der Waals surface area contributed by atoms with Gasteiger partial charge in [-0.15, -0.1) is 0 Å². The number of halogens is 2. The second-order valence-electron chi connectivity index (χ2n) is 6.60. The highest BCUT2D eigenvalue weighted by Crippen LogP contribution is 2.32. The molecule has 2 aromatic rings. The summed E-state index contributed by atoms with van der Waals surface area (Å²) in [6, 6.07) is 7.95. The standard InChI is InChI=1S/C19H23F2N3O3/c1-19(20,21)27-14-4-2-12(3-5-14)24-18-16(6-8-22)17(7-9-23-18)26-15-10-13(25)11-15/h2-5,7,9,13,15,25H,6,8,10-11,22H2,1H3,(H,23,24). The number of rotatable bonds is 8. The summed E-state index contributed by atoms with van der Waals surface area (Å²) in [5.41, 5.74) is 7.24. The Morgan fingerprint density at radius 2 is 1.96 bits per heavy atom. The Morgan fingerprint density at radius 1 is 1.26 bits per heavy atom. The molecule has 1 aliphatic rings. The molecule has 1 saturated carbocycles. The molecule has 1 aromatic heterocycles. The minimum atomic E-state index is -3.23. The van der Waals surface area contributed by atoms with Crippen LogP contribution in [0.15, 0.2) is 36.5 Å². The van der Waals surface area contributed by atoms with Gasteiger partial charge in [0.1, 0.15) is 23.4 Å². The average Bonchev–Trinajstić information content (AvgIpc) is 2.57. The first-order chi connectivity index (χ1) is 12.8. The third-order valence-electron chi connectivity index (χ3n) is 4.18. The van der Waals surface area contributed by atoms with Crippen molar-refractivity contribution in [3.8, 4) is 11.5 Å². The van der Waals surface area contributed by atoms with Crippen LogP contribution in [0.2, 0.25) is 0 Å². The molecule has 0 atom stereocenters. The van der Waals surface area contributed by atoms with Gasteiger partial charge in [0.2, 0.25) is 0 Å². The Hall–Kier alpha value is -2.45. The van der Waals surface area contributed by atoms with E-state index in [1.807, 2.05) is 0 Å². The number of pyridine rings is 1. The molecule has 6 nitrogen and oxygen atoms in total. The van der Waals surface area contributed by atoms with Gasteiger partial charge in [0.05, 0.1) is 6.10 Å². The second-order valence-corrected chi connectivity index (χ2v) is 6.60. The van der Waals surface area contributed by atoms with Crippen LogP contribution in [0.3, 0.4) is 0 Å². The molecule has 8 heteroatoms. The number of aliphatic hydroxyl groups excluding tert-OH is 1. The summed E-state index contributed by atoms with van der Waals surface area (Å²) in [5.74, 6) is 1.34. The lowest BCUT2D eigenvalue weighted by atomic mass is 9.92. The fraction of sp³-hybridized carbons (Fsp3) is 0.421. The topological polar surface area (TPSA) is 89.6 Å². The van der Waals surface area contributed by atoms with Crippen LogP contribution in [0.1, 0.15) is 25.3 Å². The zero-order valence-corrected chi connectivity index (χ0v) is 15.0. The fourth-order valence-corrected chi connectivity index (χ4v) is 2.84. The maximum absolute atomic E-state index is 12.9. The molecule has 4 N–H and O–H groups in total. The lowest BCUT2D eigenvalue weighted by Crippen LogP contribution is -2.37. The molecule has 0 saturated heterocycles. The number of nitrogens with one attached hydrogen (secondary N) is 1. The maximum atomic E-state index is 12.9. The largest absolute Gasteiger partial charge is 0.490 e. The van der Waals surface area contributed by atoms with Gasteiger partial charge in [0.15, 0.2) is 0 Å². The Kier molecular flexibility index (Phi) is 5.76. The summed E-state index contributed by atoms with van der Waals surface area (Å²) in [4.78, 5) is 4.35. The predicted octanol–water partition coefficient (Wildman–Crippen LogP) is 3.22. The first kappa shape index (κ1) is 19.3. The second kappa shape index (κ2) is 8.06. The van der Waals surface area contributed by atoms with Crippen LogP contribution in [0.25, 0.3) is 0 Å². The molecule has 0 spiro atoms. The van der Waals surface area contributed by atoms with Gasteiger partial charge >= 0.3 is 6.11 Å². The van der Waals surface area contributed by atoms with Gasteiger partial charge < -0.3 is 25.6 Å². The van der Waals surface area contributed by atoms with Crippen LogP contribution in [0.5, 0.6) is 11.5 Å². The van der Waals surface area contributed by atoms with E-state index >= 15 is 0 Å². The highest BCUT2D eigenvalue weighted by atomic mass is 19.3. The molecular formula is C19H23F2N3O3. The van der Waals surface area contributed by atoms with E-state index in [2.05, 4.69) is 15.0 Å². The van der Waals surface area contributed by atoms with Gasteiger partial charge in [0.25, 0.3) is 0 Å². The summed E-state index contributed by atoms with van der Waals surface area (Å²) in [5, 5.41) is 12.6. The Balaban J connectivity index is 1.75. The summed E-state index contributed by atoms with van der Waals surface area (Å²) >= 11 is 0. The zero-order valence-electron chi connectivity index (χ0n) is 15.0. The molecule has 1 heterocycles. The van der Waals surface area contributed by atoms with Gasteiger partial charge in [-0.3, -0.25) is 0 Å². The number of aromatic nitrogens is 1. The normalized spacial score (nSPS) is 19.3. The monoisotopic (exact) mass is 379 g/mol. The van der Waals surface area contributed by atoms with Crippen molar-refractivity contribution >= 4 is 11.5 Å². The van der Waals surface area contributed by atoms with E-state index in [9.17, 15) is 13.9 Å². The molecule has 27 heavy (non-hydrogen) atoms. The molecule has 0 aliphatic heterocycles. The SMILES string of the molecule is CC(F)(F)Oc1ccc(Nc2nccc(OC3CC(O)C3)c2CCN)cc1. The fourth-order valence-electron chi connectivity index (χ4n) is 2.84. The predicted molar refractivity (Wildman–Crippen MR) is 97.6 cm³/mol. The Labute approximate surface area is 156 Å². The summed E-state index contributed by atoms with van der Waals surface area (Å²) in [6.45, 7) is 1.11. The van der Waals surface area contributed by atoms with Crippen LogP contribution < -0.4 is 20.5 Å². The third kappa shape index (κ3) is 5.27. The van der Waals surface area contributed by atoms with Crippen molar-refractivity contribution in [2.75, 3.05) is 11.9 Å². The number of hydrogen-bond donors (Lipinski definition) is 3. The van der Waals surface area contributed by atoms with Crippen molar-refractivity contribution in [3.63, 3.8) is 0 Å². The van der Waals surface area contributed by atoms with Crippen LogP contribution >= 0.6 is 0 Å². The van der Waals surface area contributed by atoms with Gasteiger partial charge in [0, 0.05) is 37.2 Å². The van der Waals surface area contributed by atoms with E-state index in [0.29, 0.717) is 50.0 Å². The molecule has 0 bridgehead atoms. The molecular weight excluding hydrogens is 356 g/mol. The molecule has 1 aromatic carbocycles. The molecule has 3 rings (SSSR count). The van der Waals surface area contributed by atoms with Crippen LogP contribution in [0, 0.1) is 0 Å². The van der Waals surface area contributed by atoms with Crippen molar-refractivity contribution in [1.82, 2.24) is 4.98 Å². The van der Waals surface area contributed by atoms with Crippen LogP contribution in [-0.4, -0.2) is 35.0 Å². The Bertz CT molecular complexity index is 760. The quantitative estimate of drug-likeness (QED) is 0.653. The van der Waals surface area contributed by atoms with E-state index in [-0.39, 0.29) is 18.0 Å². The van der Waals surface area contributed by atoms with Gasteiger partial charge in [-0.05, 0) is 43.3 Å². The maximum Gasteiger partial charge on any atom is 0.394 e. The first-order valence-corrected chi connectivity index (χ1v) is 8.80. The average molecular weight is 379 g/mol. The van der Waals surface area contributed by atoms with Crippen LogP contribution in [0.4, 0.5) is 20.3 Å². The molecule has 1 aliphatic carbocycles. The minimum absolute atomic E-state index is 0.0149. The van der Waals surface area contributed by atoms with Crippen LogP contribution in [-0.2, 0) is 6.42 Å². The molecule has 0 radical (unpaired) electrons. The van der Waals surface area contributed by atoms with E-state index in [1.165, 1.54) is 12.1 Å². The molecule has 0 unspecified atom stereocenters. The summed E-state index contributed by atoms with van der Waals surface area (Å²) < 4.78 is 36.3. The smallest absolute Gasteiger partial charge is 0.394 e. The Morgan fingerprint density at radius 3 is 2.56 bits per heavy atom. The number of ether oxygens (including phenoxy) is 2. The molecule has 1 fully saturated rings. The number of nitrogens with two attached hydrogens (primary N) is 1. The molecule has 146 valence electrons. The number of nitrogens with zero attached hydrogens (tertiary/aromatic N) is 1. The lowest BCUT2D eigenvalue weighted by molar-refractivity contribution is -0.158. The van der Waals surface area contributed by atoms with Gasteiger partial charge in [-0.2, -0.15) is 8.78 Å². The third-order valence-corrected chi connectivity index (χ3v) is 4.18.